The van der Waals surface area contributed by atoms with Crippen LogP contribution in [0.15, 0.2) is 65.0 Å². The Bertz CT molecular complexity index is 1230. The number of halogens is 1. The summed E-state index contributed by atoms with van der Waals surface area (Å²) in [4.78, 5) is 26.9. The maximum absolute atomic E-state index is 13.7. The second-order valence-corrected chi connectivity index (χ2v) is 9.51. The van der Waals surface area contributed by atoms with Crippen molar-refractivity contribution < 1.29 is 23.8 Å². The molecule has 1 heterocycles. The summed E-state index contributed by atoms with van der Waals surface area (Å²) in [5, 5.41) is 3.87. The van der Waals surface area contributed by atoms with Gasteiger partial charge in [-0.15, -0.1) is 0 Å². The fourth-order valence-corrected chi connectivity index (χ4v) is 5.19. The van der Waals surface area contributed by atoms with E-state index in [2.05, 4.69) is 5.32 Å². The number of dihydropyridines is 1. The van der Waals surface area contributed by atoms with Crippen LogP contribution in [0.2, 0.25) is 5.02 Å². The van der Waals surface area contributed by atoms with E-state index in [1.54, 1.807) is 34.1 Å². The Labute approximate surface area is 210 Å². The normalized spacial score (nSPS) is 19.9. The molecule has 0 saturated heterocycles. The smallest absolute Gasteiger partial charge is 0.337 e. The Hall–Kier alpha value is -3.25. The van der Waals surface area contributed by atoms with Crippen molar-refractivity contribution in [2.24, 2.45) is 0 Å². The second-order valence-electron chi connectivity index (χ2n) is 9.11. The SMILES string of the molecule is COc1ccc([C@@H]2CC(=O)C3=C(C2)NC(C)=C(C(=O)OC(C)C)[C@@H]3c2ccccc2Cl)cc1OC. The standard InChI is InChI=1S/C28H30ClNO5/c1-15(2)35-28(32)25-16(3)30-21-12-18(17-10-11-23(33-4)24(14-17)34-5)13-22(31)27(21)26(25)19-8-6-7-9-20(19)29/h6-11,14-15,18,26,30H,12-13H2,1-5H3/t18-,26-/m0/s1. The highest BCUT2D eigenvalue weighted by molar-refractivity contribution is 6.31. The summed E-state index contributed by atoms with van der Waals surface area (Å²) in [6.07, 6.45) is 0.630. The van der Waals surface area contributed by atoms with Crippen molar-refractivity contribution >= 4 is 23.4 Å². The first kappa shape index (κ1) is 24.9. The fraction of sp³-hybridized carbons (Fsp3) is 0.357. The highest BCUT2D eigenvalue weighted by atomic mass is 35.5. The van der Waals surface area contributed by atoms with E-state index in [-0.39, 0.29) is 17.8 Å². The number of ether oxygens (including phenoxy) is 3. The molecule has 0 amide bonds. The molecule has 35 heavy (non-hydrogen) atoms. The van der Waals surface area contributed by atoms with Crippen LogP contribution >= 0.6 is 11.6 Å². The molecule has 0 unspecified atom stereocenters. The molecule has 1 N–H and O–H groups in total. The molecule has 0 saturated carbocycles. The summed E-state index contributed by atoms with van der Waals surface area (Å²) >= 11 is 6.59. The lowest BCUT2D eigenvalue weighted by atomic mass is 9.71. The zero-order chi connectivity index (χ0) is 25.3. The molecule has 2 aliphatic rings. The predicted octanol–water partition coefficient (Wildman–Crippen LogP) is 5.67. The van der Waals surface area contributed by atoms with Crippen molar-refractivity contribution in [2.75, 3.05) is 14.2 Å². The van der Waals surface area contributed by atoms with Crippen LogP contribution in [-0.2, 0) is 14.3 Å². The van der Waals surface area contributed by atoms with Crippen molar-refractivity contribution in [3.63, 3.8) is 0 Å². The molecule has 1 aliphatic carbocycles. The number of hydrogen-bond acceptors (Lipinski definition) is 6. The highest BCUT2D eigenvalue weighted by Gasteiger charge is 2.42. The molecule has 2 aromatic rings. The number of methoxy groups -OCH3 is 2. The summed E-state index contributed by atoms with van der Waals surface area (Å²) in [5.41, 5.74) is 4.19. The Kier molecular flexibility index (Phi) is 7.22. The van der Waals surface area contributed by atoms with Gasteiger partial charge in [0.2, 0.25) is 0 Å². The van der Waals surface area contributed by atoms with Crippen LogP contribution in [0.4, 0.5) is 0 Å². The lowest BCUT2D eigenvalue weighted by Gasteiger charge is -2.37. The van der Waals surface area contributed by atoms with Crippen molar-refractivity contribution in [1.82, 2.24) is 5.32 Å². The molecule has 0 aromatic heterocycles. The number of ketones is 1. The summed E-state index contributed by atoms with van der Waals surface area (Å²) in [6, 6.07) is 13.1. The minimum absolute atomic E-state index is 0.0224. The monoisotopic (exact) mass is 495 g/mol. The average molecular weight is 496 g/mol. The van der Waals surface area contributed by atoms with Crippen molar-refractivity contribution in [2.45, 2.75) is 51.6 Å². The molecular formula is C28H30ClNO5. The number of esters is 1. The van der Waals surface area contributed by atoms with Gasteiger partial charge in [-0.2, -0.15) is 0 Å². The van der Waals surface area contributed by atoms with Gasteiger partial charge in [-0.1, -0.05) is 35.9 Å². The zero-order valence-electron chi connectivity index (χ0n) is 20.6. The molecule has 2 atom stereocenters. The van der Waals surface area contributed by atoms with E-state index < -0.39 is 11.9 Å². The lowest BCUT2D eigenvalue weighted by Crippen LogP contribution is -2.36. The van der Waals surface area contributed by atoms with Crippen molar-refractivity contribution in [1.29, 1.82) is 0 Å². The van der Waals surface area contributed by atoms with E-state index in [1.807, 2.05) is 43.3 Å². The quantitative estimate of drug-likeness (QED) is 0.520. The molecule has 2 aromatic carbocycles. The van der Waals surface area contributed by atoms with E-state index in [4.69, 9.17) is 25.8 Å². The minimum atomic E-state index is -0.593. The van der Waals surface area contributed by atoms with Crippen LogP contribution in [0.5, 0.6) is 11.5 Å². The zero-order valence-corrected chi connectivity index (χ0v) is 21.4. The fourth-order valence-electron chi connectivity index (χ4n) is 4.95. The van der Waals surface area contributed by atoms with Crippen LogP contribution in [0.25, 0.3) is 0 Å². The molecule has 0 spiro atoms. The first-order valence-electron chi connectivity index (χ1n) is 11.7. The molecule has 184 valence electrons. The molecule has 7 heteroatoms. The first-order valence-corrected chi connectivity index (χ1v) is 12.0. The van der Waals surface area contributed by atoms with Gasteiger partial charge in [-0.05, 0) is 62.4 Å². The van der Waals surface area contributed by atoms with Crippen molar-refractivity contribution in [3.8, 4) is 11.5 Å². The van der Waals surface area contributed by atoms with Crippen LogP contribution in [0.1, 0.15) is 56.6 Å². The number of carbonyl (C=O) groups is 2. The number of hydrogen-bond donors (Lipinski definition) is 1. The van der Waals surface area contributed by atoms with Gasteiger partial charge in [0.05, 0.1) is 25.9 Å². The molecular weight excluding hydrogens is 466 g/mol. The van der Waals surface area contributed by atoms with Crippen LogP contribution in [-0.4, -0.2) is 32.1 Å². The molecule has 0 bridgehead atoms. The van der Waals surface area contributed by atoms with Crippen LogP contribution < -0.4 is 14.8 Å². The number of nitrogens with one attached hydrogen (secondary N) is 1. The first-order chi connectivity index (χ1) is 16.7. The van der Waals surface area contributed by atoms with Crippen molar-refractivity contribution in [3.05, 3.63) is 81.2 Å². The molecule has 4 rings (SSSR count). The van der Waals surface area contributed by atoms with Crippen LogP contribution in [0.3, 0.4) is 0 Å². The maximum atomic E-state index is 13.7. The molecule has 0 radical (unpaired) electrons. The number of Topliss-reactive ketones (excluding diaryl/α,β-unsaturated/α-hetero) is 1. The largest absolute Gasteiger partial charge is 0.493 e. The summed E-state index contributed by atoms with van der Waals surface area (Å²) in [7, 11) is 3.19. The van der Waals surface area contributed by atoms with E-state index in [0.717, 1.165) is 16.8 Å². The van der Waals surface area contributed by atoms with Gasteiger partial charge in [0.25, 0.3) is 0 Å². The predicted molar refractivity (Wildman–Crippen MR) is 135 cm³/mol. The van der Waals surface area contributed by atoms with Gasteiger partial charge in [0, 0.05) is 34.3 Å². The van der Waals surface area contributed by atoms with E-state index >= 15 is 0 Å². The topological polar surface area (TPSA) is 73.9 Å². The van der Waals surface area contributed by atoms with Gasteiger partial charge in [-0.25, -0.2) is 4.79 Å². The van der Waals surface area contributed by atoms with Gasteiger partial charge in [0.1, 0.15) is 0 Å². The lowest BCUT2D eigenvalue weighted by molar-refractivity contribution is -0.143. The van der Waals surface area contributed by atoms with Gasteiger partial charge in [0.15, 0.2) is 17.3 Å². The Morgan fingerprint density at radius 3 is 2.43 bits per heavy atom. The van der Waals surface area contributed by atoms with E-state index in [0.29, 0.717) is 46.2 Å². The number of benzene rings is 2. The third-order valence-corrected chi connectivity index (χ3v) is 6.83. The molecule has 1 aliphatic heterocycles. The third-order valence-electron chi connectivity index (χ3n) is 6.49. The minimum Gasteiger partial charge on any atom is -0.493 e. The third kappa shape index (κ3) is 4.80. The highest BCUT2D eigenvalue weighted by Crippen LogP contribution is 2.47. The molecule has 0 fully saturated rings. The summed E-state index contributed by atoms with van der Waals surface area (Å²) in [6.45, 7) is 5.45. The molecule has 6 nitrogen and oxygen atoms in total. The Balaban J connectivity index is 1.79. The van der Waals surface area contributed by atoms with Gasteiger partial charge >= 0.3 is 5.97 Å². The second kappa shape index (κ2) is 10.2. The number of carbonyl (C=O) groups excluding carboxylic acids is 2. The number of rotatable bonds is 6. The van der Waals surface area contributed by atoms with E-state index in [9.17, 15) is 9.59 Å². The van der Waals surface area contributed by atoms with Gasteiger partial charge < -0.3 is 19.5 Å². The van der Waals surface area contributed by atoms with E-state index in [1.165, 1.54) is 0 Å². The maximum Gasteiger partial charge on any atom is 0.337 e. The van der Waals surface area contributed by atoms with Gasteiger partial charge in [-0.3, -0.25) is 4.79 Å². The Morgan fingerprint density at radius 1 is 1.06 bits per heavy atom. The average Bonchev–Trinajstić information content (AvgIpc) is 2.82. The Morgan fingerprint density at radius 2 is 1.77 bits per heavy atom. The van der Waals surface area contributed by atoms with Crippen LogP contribution in [0, 0.1) is 0 Å². The number of allylic oxidation sites excluding steroid dienone is 3. The summed E-state index contributed by atoms with van der Waals surface area (Å²) in [5.74, 6) is 0.155. The summed E-state index contributed by atoms with van der Waals surface area (Å²) < 4.78 is 16.4.